The first-order valence-corrected chi connectivity index (χ1v) is 5.54. The Morgan fingerprint density at radius 3 is 2.00 bits per heavy atom. The first kappa shape index (κ1) is 15.8. The minimum atomic E-state index is -0.139. The summed E-state index contributed by atoms with van der Waals surface area (Å²) in [6, 6.07) is 7.89. The van der Waals surface area contributed by atoms with Crippen LogP contribution < -0.4 is 5.73 Å². The van der Waals surface area contributed by atoms with E-state index in [0.717, 1.165) is 17.4 Å². The molecule has 3 nitrogen and oxygen atoms in total. The zero-order chi connectivity index (χ0) is 13.5. The fraction of sp³-hybridized carbons (Fsp3) is 0.500. The summed E-state index contributed by atoms with van der Waals surface area (Å²) in [6.45, 7) is 6.20. The van der Waals surface area contributed by atoms with E-state index in [9.17, 15) is 0 Å². The summed E-state index contributed by atoms with van der Waals surface area (Å²) in [5.41, 5.74) is 7.72. The molecule has 1 aromatic rings. The van der Waals surface area contributed by atoms with Gasteiger partial charge in [-0.2, -0.15) is 4.74 Å². The average molecular weight is 238 g/mol. The lowest BCUT2D eigenvalue weighted by molar-refractivity contribution is 0.158. The predicted octanol–water partition coefficient (Wildman–Crippen LogP) is 3.01. The van der Waals surface area contributed by atoms with Crippen molar-refractivity contribution < 1.29 is 9.47 Å². The molecular formula is C14H24NO2+. The van der Waals surface area contributed by atoms with Gasteiger partial charge in [0.1, 0.15) is 6.92 Å². The molecule has 0 bridgehead atoms. The molecule has 0 aliphatic carbocycles. The average Bonchev–Trinajstić information content (AvgIpc) is 2.29. The summed E-state index contributed by atoms with van der Waals surface area (Å²) in [5.74, 6) is 0. The molecular weight excluding hydrogens is 214 g/mol. The molecule has 0 aliphatic rings. The van der Waals surface area contributed by atoms with Crippen LogP contribution in [0.2, 0.25) is 0 Å². The molecule has 0 atom stereocenters. The maximum absolute atomic E-state index is 5.93. The van der Waals surface area contributed by atoms with E-state index < -0.39 is 0 Å². The van der Waals surface area contributed by atoms with Gasteiger partial charge in [0.25, 0.3) is 0 Å². The van der Waals surface area contributed by atoms with Gasteiger partial charge in [-0.3, -0.25) is 0 Å². The fourth-order valence-electron chi connectivity index (χ4n) is 1.51. The third-order valence-electron chi connectivity index (χ3n) is 2.82. The van der Waals surface area contributed by atoms with Gasteiger partial charge in [-0.1, -0.05) is 18.2 Å². The smallest absolute Gasteiger partial charge is 0.247 e. The molecule has 0 saturated carbocycles. The fourth-order valence-corrected chi connectivity index (χ4v) is 1.51. The van der Waals surface area contributed by atoms with E-state index in [1.54, 1.807) is 21.3 Å². The molecule has 0 fully saturated rings. The maximum Gasteiger partial charge on any atom is 0.247 e. The van der Waals surface area contributed by atoms with Crippen LogP contribution in [-0.4, -0.2) is 21.3 Å². The first-order chi connectivity index (χ1) is 7.91. The quantitative estimate of drug-likeness (QED) is 0.650. The van der Waals surface area contributed by atoms with Gasteiger partial charge in [0.2, 0.25) is 6.10 Å². The number of hydrogen-bond acceptors (Lipinski definition) is 3. The number of methoxy groups -OCH3 is 2. The van der Waals surface area contributed by atoms with Crippen molar-refractivity contribution in [2.24, 2.45) is 0 Å². The van der Waals surface area contributed by atoms with Crippen LogP contribution in [0.4, 0.5) is 5.69 Å². The Labute approximate surface area is 105 Å². The lowest BCUT2D eigenvalue weighted by Crippen LogP contribution is -2.27. The Hall–Kier alpha value is -1.19. The number of nitrogens with two attached hydrogens (primary N) is 1. The predicted molar refractivity (Wildman–Crippen MR) is 72.7 cm³/mol. The van der Waals surface area contributed by atoms with Crippen molar-refractivity contribution in [2.45, 2.75) is 26.2 Å². The minimum absolute atomic E-state index is 0.139. The van der Waals surface area contributed by atoms with Crippen molar-refractivity contribution in [3.05, 3.63) is 35.9 Å². The summed E-state index contributed by atoms with van der Waals surface area (Å²) in [4.78, 5) is 0. The highest BCUT2D eigenvalue weighted by Gasteiger charge is 2.40. The van der Waals surface area contributed by atoms with Crippen molar-refractivity contribution >= 4 is 5.69 Å². The molecule has 0 amide bonds. The van der Waals surface area contributed by atoms with Gasteiger partial charge in [-0.05, 0) is 19.9 Å². The van der Waals surface area contributed by atoms with Crippen LogP contribution in [0.5, 0.6) is 0 Å². The number of para-hydroxylation sites is 1. The van der Waals surface area contributed by atoms with Crippen LogP contribution in [0.3, 0.4) is 0 Å². The molecule has 1 rings (SSSR count). The normalized spacial score (nSPS) is 10.5. The summed E-state index contributed by atoms with van der Waals surface area (Å²) in [7, 11) is 4.94. The van der Waals surface area contributed by atoms with E-state index in [4.69, 9.17) is 10.5 Å². The van der Waals surface area contributed by atoms with Crippen LogP contribution in [0.1, 0.15) is 26.3 Å². The number of ether oxygens (including phenoxy) is 2. The molecule has 3 heteroatoms. The van der Waals surface area contributed by atoms with E-state index in [0.29, 0.717) is 0 Å². The van der Waals surface area contributed by atoms with Crippen LogP contribution in [0.25, 0.3) is 0 Å². The maximum atomic E-state index is 5.93. The second kappa shape index (κ2) is 7.20. The molecule has 17 heavy (non-hydrogen) atoms. The van der Waals surface area contributed by atoms with Gasteiger partial charge >= 0.3 is 0 Å². The number of nitrogen functional groups attached to an aromatic ring is 1. The monoisotopic (exact) mass is 238 g/mol. The molecule has 0 aliphatic heterocycles. The minimum Gasteiger partial charge on any atom is -0.398 e. The lowest BCUT2D eigenvalue weighted by atomic mass is 9.79. The van der Waals surface area contributed by atoms with Crippen LogP contribution in [0, 0.1) is 6.10 Å². The number of hydrogen-bond donors (Lipinski definition) is 1. The summed E-state index contributed by atoms with van der Waals surface area (Å²) in [5, 5.41) is 0. The molecule has 0 unspecified atom stereocenters. The summed E-state index contributed by atoms with van der Waals surface area (Å²) >= 11 is 0. The van der Waals surface area contributed by atoms with Crippen LogP contribution in [-0.2, 0) is 14.9 Å². The highest BCUT2D eigenvalue weighted by molar-refractivity contribution is 5.51. The van der Waals surface area contributed by atoms with Gasteiger partial charge in [-0.15, -0.1) is 0 Å². The molecule has 0 heterocycles. The molecule has 0 spiro atoms. The molecule has 0 aromatic heterocycles. The van der Waals surface area contributed by atoms with Crippen molar-refractivity contribution in [1.29, 1.82) is 0 Å². The van der Waals surface area contributed by atoms with Crippen LogP contribution >= 0.6 is 0 Å². The lowest BCUT2D eigenvalue weighted by Gasteiger charge is -2.21. The molecule has 0 saturated heterocycles. The molecule has 2 N–H and O–H groups in total. The standard InChI is InChI=1S/C12H18NO.C2H6O/c1-9(14-4)12(2,3)10-7-5-6-8-11(10)13;1-3-2/h5-8H,13H2,1-4H3;1-2H3/q+1;. The van der Waals surface area contributed by atoms with Crippen molar-refractivity contribution in [2.75, 3.05) is 27.1 Å². The Kier molecular flexibility index (Phi) is 6.69. The van der Waals surface area contributed by atoms with Gasteiger partial charge in [0.05, 0.1) is 7.11 Å². The van der Waals surface area contributed by atoms with E-state index >= 15 is 0 Å². The van der Waals surface area contributed by atoms with E-state index in [2.05, 4.69) is 18.6 Å². The highest BCUT2D eigenvalue weighted by Crippen LogP contribution is 2.36. The van der Waals surface area contributed by atoms with E-state index in [1.807, 2.05) is 31.2 Å². The zero-order valence-corrected chi connectivity index (χ0v) is 11.7. The van der Waals surface area contributed by atoms with Crippen molar-refractivity contribution in [3.8, 4) is 0 Å². The van der Waals surface area contributed by atoms with E-state index in [-0.39, 0.29) is 5.41 Å². The van der Waals surface area contributed by atoms with Crippen LogP contribution in [0.15, 0.2) is 24.3 Å². The number of benzene rings is 1. The van der Waals surface area contributed by atoms with Gasteiger partial charge < -0.3 is 10.5 Å². The molecule has 0 radical (unpaired) electrons. The Balaban J connectivity index is 0.000000770. The SMILES string of the molecule is COC.CO[C+](C)C(C)(C)c1ccccc1N. The first-order valence-electron chi connectivity index (χ1n) is 5.54. The third-order valence-corrected chi connectivity index (χ3v) is 2.82. The summed E-state index contributed by atoms with van der Waals surface area (Å²) < 4.78 is 9.54. The largest absolute Gasteiger partial charge is 0.398 e. The van der Waals surface area contributed by atoms with Crippen molar-refractivity contribution in [3.63, 3.8) is 0 Å². The Morgan fingerprint density at radius 2 is 1.59 bits per heavy atom. The molecule has 96 valence electrons. The van der Waals surface area contributed by atoms with Gasteiger partial charge in [0, 0.05) is 25.5 Å². The Morgan fingerprint density at radius 1 is 1.12 bits per heavy atom. The summed E-state index contributed by atoms with van der Waals surface area (Å²) in [6.07, 6.45) is 0.968. The number of rotatable bonds is 3. The Bertz CT molecular complexity index is 324. The van der Waals surface area contributed by atoms with Gasteiger partial charge in [0.15, 0.2) is 5.41 Å². The second-order valence-electron chi connectivity index (χ2n) is 4.38. The topological polar surface area (TPSA) is 44.5 Å². The highest BCUT2D eigenvalue weighted by atomic mass is 16.5. The second-order valence-corrected chi connectivity index (χ2v) is 4.38. The molecule has 1 aromatic carbocycles. The van der Waals surface area contributed by atoms with Gasteiger partial charge in [-0.25, -0.2) is 0 Å². The van der Waals surface area contributed by atoms with E-state index in [1.165, 1.54) is 0 Å². The number of anilines is 1. The third kappa shape index (κ3) is 4.29. The van der Waals surface area contributed by atoms with Crippen molar-refractivity contribution in [1.82, 2.24) is 0 Å². The zero-order valence-electron chi connectivity index (χ0n) is 11.7.